The maximum atomic E-state index is 12.9. The van der Waals surface area contributed by atoms with Gasteiger partial charge >= 0.3 is 18.2 Å². The van der Waals surface area contributed by atoms with Crippen LogP contribution in [-0.4, -0.2) is 109 Å². The molecule has 0 radical (unpaired) electrons. The van der Waals surface area contributed by atoms with Gasteiger partial charge in [-0.1, -0.05) is 0 Å². The van der Waals surface area contributed by atoms with Crippen LogP contribution in [0.3, 0.4) is 0 Å². The molecule has 34 heavy (non-hydrogen) atoms. The van der Waals surface area contributed by atoms with E-state index < -0.39 is 54.5 Å². The number of carbonyl (C=O) groups excluding carboxylic acids is 6. The lowest BCUT2D eigenvalue weighted by Crippen LogP contribution is -2.55. The predicted octanol–water partition coefficient (Wildman–Crippen LogP) is -1.01. The van der Waals surface area contributed by atoms with Gasteiger partial charge < -0.3 is 29.3 Å². The SMILES string of the molecule is CCOC(=O)NN(CC(=O)N1CCC[C@H]1C(=O)N[C@@H]1CCN(CC(=O)OC)C1=O)C(=O)OCC. The molecule has 0 saturated carbocycles. The van der Waals surface area contributed by atoms with Crippen LogP contribution >= 0.6 is 0 Å². The second-order valence-corrected chi connectivity index (χ2v) is 7.55. The maximum absolute atomic E-state index is 12.9. The van der Waals surface area contributed by atoms with Crippen molar-refractivity contribution in [3.63, 3.8) is 0 Å². The molecule has 5 amide bonds. The van der Waals surface area contributed by atoms with E-state index in [1.54, 1.807) is 13.8 Å². The normalized spacial score (nSPS) is 19.4. The Balaban J connectivity index is 1.99. The molecule has 0 aromatic heterocycles. The molecule has 0 bridgehead atoms. The van der Waals surface area contributed by atoms with Gasteiger partial charge in [0.1, 0.15) is 25.2 Å². The summed E-state index contributed by atoms with van der Waals surface area (Å²) in [5, 5.41) is 3.33. The predicted molar refractivity (Wildman–Crippen MR) is 114 cm³/mol. The van der Waals surface area contributed by atoms with Gasteiger partial charge in [-0.25, -0.2) is 20.0 Å². The number of likely N-dealkylation sites (tertiary alicyclic amines) is 2. The van der Waals surface area contributed by atoms with Crippen LogP contribution in [0.4, 0.5) is 9.59 Å². The van der Waals surface area contributed by atoms with Crippen molar-refractivity contribution in [3.05, 3.63) is 0 Å². The van der Waals surface area contributed by atoms with Crippen molar-refractivity contribution in [3.8, 4) is 0 Å². The summed E-state index contributed by atoms with van der Waals surface area (Å²) in [5.74, 6) is -2.06. The Labute approximate surface area is 196 Å². The summed E-state index contributed by atoms with van der Waals surface area (Å²) < 4.78 is 14.2. The van der Waals surface area contributed by atoms with E-state index in [9.17, 15) is 28.8 Å². The van der Waals surface area contributed by atoms with Gasteiger partial charge in [0.05, 0.1) is 20.3 Å². The van der Waals surface area contributed by atoms with E-state index in [4.69, 9.17) is 9.47 Å². The number of nitrogens with zero attached hydrogens (tertiary/aromatic N) is 3. The van der Waals surface area contributed by atoms with Crippen LogP contribution in [0.5, 0.6) is 0 Å². The summed E-state index contributed by atoms with van der Waals surface area (Å²) in [7, 11) is 1.22. The van der Waals surface area contributed by atoms with Crippen molar-refractivity contribution in [2.24, 2.45) is 0 Å². The Morgan fingerprint density at radius 3 is 2.41 bits per heavy atom. The Bertz CT molecular complexity index is 805. The minimum Gasteiger partial charge on any atom is -0.468 e. The van der Waals surface area contributed by atoms with Crippen LogP contribution in [0.25, 0.3) is 0 Å². The van der Waals surface area contributed by atoms with Gasteiger partial charge in [0.25, 0.3) is 0 Å². The lowest BCUT2D eigenvalue weighted by Gasteiger charge is -2.28. The zero-order valence-electron chi connectivity index (χ0n) is 19.5. The largest absolute Gasteiger partial charge is 0.468 e. The number of nitrogens with one attached hydrogen (secondary N) is 2. The summed E-state index contributed by atoms with van der Waals surface area (Å²) in [5.41, 5.74) is 2.15. The molecule has 2 atom stereocenters. The minimum absolute atomic E-state index is 0.0190. The average Bonchev–Trinajstić information content (AvgIpc) is 3.42. The monoisotopic (exact) mass is 485 g/mol. The van der Waals surface area contributed by atoms with Gasteiger partial charge in [0, 0.05) is 13.1 Å². The number of hydrazine groups is 1. The van der Waals surface area contributed by atoms with Crippen molar-refractivity contribution in [1.29, 1.82) is 0 Å². The van der Waals surface area contributed by atoms with Gasteiger partial charge in [-0.2, -0.15) is 0 Å². The van der Waals surface area contributed by atoms with E-state index in [0.29, 0.717) is 30.8 Å². The molecule has 2 heterocycles. The van der Waals surface area contributed by atoms with Gasteiger partial charge in [-0.05, 0) is 33.1 Å². The first-order valence-corrected chi connectivity index (χ1v) is 11.0. The summed E-state index contributed by atoms with van der Waals surface area (Å²) >= 11 is 0. The van der Waals surface area contributed by atoms with E-state index in [1.165, 1.54) is 16.9 Å². The molecule has 14 nitrogen and oxygen atoms in total. The lowest BCUT2D eigenvalue weighted by atomic mass is 10.1. The molecule has 0 aliphatic carbocycles. The van der Waals surface area contributed by atoms with E-state index in [0.717, 1.165) is 0 Å². The Morgan fingerprint density at radius 1 is 1.06 bits per heavy atom. The number of esters is 1. The van der Waals surface area contributed by atoms with Gasteiger partial charge in [-0.3, -0.25) is 19.2 Å². The summed E-state index contributed by atoms with van der Waals surface area (Å²) in [6.07, 6.45) is -0.652. The van der Waals surface area contributed by atoms with Crippen LogP contribution in [0, 0.1) is 0 Å². The molecule has 2 aliphatic heterocycles. The maximum Gasteiger partial charge on any atom is 0.429 e. The first-order valence-electron chi connectivity index (χ1n) is 11.0. The molecule has 2 rings (SSSR count). The highest BCUT2D eigenvalue weighted by molar-refractivity contribution is 5.94. The van der Waals surface area contributed by atoms with E-state index in [1.807, 2.05) is 0 Å². The van der Waals surface area contributed by atoms with Crippen molar-refractivity contribution in [1.82, 2.24) is 25.6 Å². The zero-order valence-corrected chi connectivity index (χ0v) is 19.5. The van der Waals surface area contributed by atoms with Crippen LogP contribution in [0.15, 0.2) is 0 Å². The third kappa shape index (κ3) is 6.96. The van der Waals surface area contributed by atoms with Crippen molar-refractivity contribution in [2.75, 3.05) is 46.5 Å². The topological polar surface area (TPSA) is 164 Å². The van der Waals surface area contributed by atoms with Crippen molar-refractivity contribution >= 4 is 35.9 Å². The fourth-order valence-corrected chi connectivity index (χ4v) is 3.71. The highest BCUT2D eigenvalue weighted by Gasteiger charge is 2.39. The molecular formula is C20H31N5O9. The van der Waals surface area contributed by atoms with E-state index in [2.05, 4.69) is 15.5 Å². The molecule has 2 aliphatic rings. The summed E-state index contributed by atoms with van der Waals surface area (Å²) in [6, 6.07) is -1.65. The lowest BCUT2D eigenvalue weighted by molar-refractivity contribution is -0.146. The second kappa shape index (κ2) is 12.6. The molecular weight excluding hydrogens is 454 g/mol. The Kier molecular flexibility index (Phi) is 9.89. The molecule has 2 fully saturated rings. The molecule has 2 saturated heterocycles. The van der Waals surface area contributed by atoms with Crippen LogP contribution in [-0.2, 0) is 33.4 Å². The quantitative estimate of drug-likeness (QED) is 0.249. The number of carbonyl (C=O) groups is 6. The fourth-order valence-electron chi connectivity index (χ4n) is 3.71. The van der Waals surface area contributed by atoms with Gasteiger partial charge in [-0.15, -0.1) is 0 Å². The third-order valence-electron chi connectivity index (χ3n) is 5.32. The van der Waals surface area contributed by atoms with Crippen LogP contribution in [0.1, 0.15) is 33.1 Å². The average molecular weight is 485 g/mol. The molecule has 190 valence electrons. The van der Waals surface area contributed by atoms with Gasteiger partial charge in [0.15, 0.2) is 0 Å². The molecule has 14 heteroatoms. The van der Waals surface area contributed by atoms with Crippen molar-refractivity contribution < 1.29 is 43.0 Å². The smallest absolute Gasteiger partial charge is 0.429 e. The minimum atomic E-state index is -0.952. The van der Waals surface area contributed by atoms with Crippen LogP contribution < -0.4 is 10.7 Å². The highest BCUT2D eigenvalue weighted by atomic mass is 16.6. The first-order chi connectivity index (χ1) is 16.2. The highest BCUT2D eigenvalue weighted by Crippen LogP contribution is 2.19. The number of rotatable bonds is 8. The summed E-state index contributed by atoms with van der Waals surface area (Å²) in [6.45, 7) is 3.01. The van der Waals surface area contributed by atoms with Crippen LogP contribution in [0.2, 0.25) is 0 Å². The number of ether oxygens (including phenoxy) is 3. The number of amides is 5. The molecule has 0 unspecified atom stereocenters. The second-order valence-electron chi connectivity index (χ2n) is 7.55. The fraction of sp³-hybridized carbons (Fsp3) is 0.700. The third-order valence-corrected chi connectivity index (χ3v) is 5.32. The van der Waals surface area contributed by atoms with Crippen molar-refractivity contribution in [2.45, 2.75) is 45.2 Å². The number of hydrogen-bond acceptors (Lipinski definition) is 9. The first kappa shape index (κ1) is 26.7. The Hall–Kier alpha value is -3.58. The van der Waals surface area contributed by atoms with E-state index in [-0.39, 0.29) is 26.3 Å². The zero-order chi connectivity index (χ0) is 25.3. The Morgan fingerprint density at radius 2 is 1.76 bits per heavy atom. The number of hydrogen-bond donors (Lipinski definition) is 2. The molecule has 0 spiro atoms. The van der Waals surface area contributed by atoms with E-state index >= 15 is 0 Å². The summed E-state index contributed by atoms with van der Waals surface area (Å²) in [4.78, 5) is 76.2. The number of methoxy groups -OCH3 is 1. The van der Waals surface area contributed by atoms with Gasteiger partial charge in [0.2, 0.25) is 17.7 Å². The molecule has 2 N–H and O–H groups in total. The standard InChI is InChI=1S/C20H31N5O9/c1-4-33-19(30)22-25(20(31)34-5-2)11-15(26)24-9-6-7-14(24)17(28)21-13-8-10-23(18(13)29)12-16(27)32-3/h13-14H,4-12H2,1-3H3,(H,21,28)(H,22,30)/t13-,14+/m1/s1. The molecule has 0 aromatic carbocycles. The molecule has 0 aromatic rings.